The third-order valence-corrected chi connectivity index (χ3v) is 6.28. The number of amides is 2. The fourth-order valence-electron chi connectivity index (χ4n) is 4.25. The van der Waals surface area contributed by atoms with Crippen molar-refractivity contribution in [3.05, 3.63) is 131 Å². The first-order valence-corrected chi connectivity index (χ1v) is 12.4. The number of benzene rings is 4. The van der Waals surface area contributed by atoms with Crippen molar-refractivity contribution in [1.82, 2.24) is 10.2 Å². The number of carbonyl (C=O) groups is 3. The average molecular weight is 547 g/mol. The Balaban J connectivity index is 1.65. The van der Waals surface area contributed by atoms with Gasteiger partial charge in [0.1, 0.15) is 17.5 Å². The molecule has 4 rings (SSSR count). The summed E-state index contributed by atoms with van der Waals surface area (Å²) in [6.07, 6.45) is -0.305. The summed E-state index contributed by atoms with van der Waals surface area (Å²) >= 11 is 0. The minimum absolute atomic E-state index is 0.0388. The van der Waals surface area contributed by atoms with E-state index in [2.05, 4.69) is 5.32 Å². The number of nitrogens with one attached hydrogen (secondary N) is 1. The van der Waals surface area contributed by atoms with Crippen molar-refractivity contribution >= 4 is 17.8 Å². The predicted molar refractivity (Wildman–Crippen MR) is 143 cm³/mol. The predicted octanol–water partition coefficient (Wildman–Crippen LogP) is 5.82. The zero-order valence-electron chi connectivity index (χ0n) is 21.2. The van der Waals surface area contributed by atoms with Gasteiger partial charge >= 0.3 is 5.97 Å². The lowest BCUT2D eigenvalue weighted by molar-refractivity contribution is -0.137. The molecule has 0 heterocycles. The summed E-state index contributed by atoms with van der Waals surface area (Å²) in [5.41, 5.74) is 1.54. The molecule has 0 radical (unpaired) electrons. The van der Waals surface area contributed by atoms with Crippen LogP contribution in [0.1, 0.15) is 38.3 Å². The molecular weight excluding hydrogens is 521 g/mol. The van der Waals surface area contributed by atoms with Gasteiger partial charge in [-0.2, -0.15) is 0 Å². The Labute approximate surface area is 228 Å². The number of nitrogens with zero attached hydrogens (tertiary/aromatic N) is 1. The molecule has 9 heteroatoms. The van der Waals surface area contributed by atoms with E-state index in [9.17, 15) is 32.7 Å². The molecule has 0 aliphatic carbocycles. The van der Waals surface area contributed by atoms with Gasteiger partial charge < -0.3 is 15.3 Å². The van der Waals surface area contributed by atoms with E-state index in [0.29, 0.717) is 16.7 Å². The number of rotatable bonds is 10. The Morgan fingerprint density at radius 3 is 1.93 bits per heavy atom. The molecule has 0 fully saturated rings. The molecule has 2 amide bonds. The molecule has 0 saturated heterocycles. The summed E-state index contributed by atoms with van der Waals surface area (Å²) in [5, 5.41) is 11.8. The second-order valence-electron chi connectivity index (χ2n) is 8.97. The van der Waals surface area contributed by atoms with Gasteiger partial charge in [-0.05, 0) is 53.1 Å². The van der Waals surface area contributed by atoms with Gasteiger partial charge in [0.05, 0.1) is 6.42 Å². The van der Waals surface area contributed by atoms with Crippen molar-refractivity contribution in [2.45, 2.75) is 19.5 Å². The maximum atomic E-state index is 14.1. The molecule has 40 heavy (non-hydrogen) atoms. The van der Waals surface area contributed by atoms with Crippen LogP contribution < -0.4 is 5.32 Å². The van der Waals surface area contributed by atoms with Gasteiger partial charge in [-0.15, -0.1) is 0 Å². The molecule has 6 nitrogen and oxygen atoms in total. The fraction of sp³-hybridized carbons (Fsp3) is 0.129. The highest BCUT2D eigenvalue weighted by Gasteiger charge is 2.23. The van der Waals surface area contributed by atoms with Gasteiger partial charge in [0.15, 0.2) is 0 Å². The summed E-state index contributed by atoms with van der Waals surface area (Å²) in [6.45, 7) is -0.444. The van der Waals surface area contributed by atoms with Gasteiger partial charge in [-0.3, -0.25) is 14.4 Å². The second kappa shape index (κ2) is 12.8. The highest BCUT2D eigenvalue weighted by Crippen LogP contribution is 2.29. The molecule has 0 aliphatic heterocycles. The zero-order valence-corrected chi connectivity index (χ0v) is 21.2. The summed E-state index contributed by atoms with van der Waals surface area (Å²) in [4.78, 5) is 39.6. The van der Waals surface area contributed by atoms with Crippen molar-refractivity contribution in [1.29, 1.82) is 0 Å². The SMILES string of the molecule is O=C(O)CCN(Cc1ccc(F)cc1)C(=O)c1ccccc1-c1ccccc1C(=O)NCc1c(F)cccc1F. The Morgan fingerprint density at radius 1 is 0.725 bits per heavy atom. The van der Waals surface area contributed by atoms with Crippen molar-refractivity contribution in [2.24, 2.45) is 0 Å². The lowest BCUT2D eigenvalue weighted by Gasteiger charge is -2.24. The number of hydrogen-bond donors (Lipinski definition) is 2. The molecule has 0 bridgehead atoms. The summed E-state index contributed by atoms with van der Waals surface area (Å²) in [6, 6.07) is 22.0. The Kier molecular flexibility index (Phi) is 8.96. The van der Waals surface area contributed by atoms with Crippen LogP contribution in [0.2, 0.25) is 0 Å². The molecule has 0 aromatic heterocycles. The van der Waals surface area contributed by atoms with Crippen LogP contribution in [0.15, 0.2) is 91.0 Å². The smallest absolute Gasteiger partial charge is 0.305 e. The average Bonchev–Trinajstić information content (AvgIpc) is 2.95. The largest absolute Gasteiger partial charge is 0.481 e. The van der Waals surface area contributed by atoms with Crippen LogP contribution in [0.5, 0.6) is 0 Å². The molecule has 4 aromatic rings. The van der Waals surface area contributed by atoms with Gasteiger partial charge in [-0.25, -0.2) is 13.2 Å². The number of halogens is 3. The summed E-state index contributed by atoms with van der Waals surface area (Å²) < 4.78 is 41.5. The quantitative estimate of drug-likeness (QED) is 0.263. The molecule has 0 spiro atoms. The van der Waals surface area contributed by atoms with Crippen LogP contribution in [0.25, 0.3) is 11.1 Å². The van der Waals surface area contributed by atoms with Gasteiger partial charge in [0, 0.05) is 36.3 Å². The fourth-order valence-corrected chi connectivity index (χ4v) is 4.25. The normalized spacial score (nSPS) is 10.7. The number of carbonyl (C=O) groups excluding carboxylic acids is 2. The van der Waals surface area contributed by atoms with E-state index in [1.54, 1.807) is 42.5 Å². The Morgan fingerprint density at radius 2 is 1.30 bits per heavy atom. The lowest BCUT2D eigenvalue weighted by Crippen LogP contribution is -2.33. The van der Waals surface area contributed by atoms with E-state index in [4.69, 9.17) is 0 Å². The number of aliphatic carboxylic acids is 1. The first kappa shape index (κ1) is 28.1. The number of hydrogen-bond acceptors (Lipinski definition) is 3. The molecule has 4 aromatic carbocycles. The van der Waals surface area contributed by atoms with Gasteiger partial charge in [0.2, 0.25) is 0 Å². The first-order valence-electron chi connectivity index (χ1n) is 12.4. The Hall–Kier alpha value is -4.92. The van der Waals surface area contributed by atoms with Crippen LogP contribution in [0.4, 0.5) is 13.2 Å². The second-order valence-corrected chi connectivity index (χ2v) is 8.97. The summed E-state index contributed by atoms with van der Waals surface area (Å²) in [7, 11) is 0. The van der Waals surface area contributed by atoms with Crippen molar-refractivity contribution < 1.29 is 32.7 Å². The van der Waals surface area contributed by atoms with E-state index in [1.807, 2.05) is 0 Å². The zero-order chi connectivity index (χ0) is 28.6. The standard InChI is InChI=1S/C31H25F3N2O4/c32-21-14-12-20(13-15-21)19-36(17-16-29(37)38)31(40)25-9-4-2-7-23(25)22-6-1-3-8-24(22)30(39)35-18-26-27(33)10-5-11-28(26)34/h1-15H,16-19H2,(H,35,39)(H,37,38). The molecular formula is C31H25F3N2O4. The topological polar surface area (TPSA) is 86.7 Å². The molecule has 0 aliphatic rings. The number of carboxylic acid groups (broad SMARTS) is 1. The van der Waals surface area contributed by atoms with Crippen molar-refractivity contribution in [3.8, 4) is 11.1 Å². The highest BCUT2D eigenvalue weighted by molar-refractivity contribution is 6.06. The van der Waals surface area contributed by atoms with Crippen LogP contribution in [-0.2, 0) is 17.9 Å². The number of carboxylic acids is 1. The van der Waals surface area contributed by atoms with Crippen molar-refractivity contribution in [2.75, 3.05) is 6.54 Å². The van der Waals surface area contributed by atoms with E-state index in [-0.39, 0.29) is 42.7 Å². The van der Waals surface area contributed by atoms with Crippen LogP contribution in [0, 0.1) is 17.5 Å². The third-order valence-electron chi connectivity index (χ3n) is 6.28. The van der Waals surface area contributed by atoms with Crippen LogP contribution in [0.3, 0.4) is 0 Å². The highest BCUT2D eigenvalue weighted by atomic mass is 19.1. The maximum Gasteiger partial charge on any atom is 0.305 e. The minimum Gasteiger partial charge on any atom is -0.481 e. The van der Waals surface area contributed by atoms with E-state index in [0.717, 1.165) is 12.1 Å². The summed E-state index contributed by atoms with van der Waals surface area (Å²) in [5.74, 6) is -4.18. The van der Waals surface area contributed by atoms with Gasteiger partial charge in [-0.1, -0.05) is 54.6 Å². The molecule has 204 valence electrons. The van der Waals surface area contributed by atoms with E-state index >= 15 is 0 Å². The van der Waals surface area contributed by atoms with Gasteiger partial charge in [0.25, 0.3) is 11.8 Å². The monoisotopic (exact) mass is 546 g/mol. The van der Waals surface area contributed by atoms with E-state index in [1.165, 1.54) is 41.3 Å². The molecule has 2 N–H and O–H groups in total. The molecule has 0 unspecified atom stereocenters. The molecule has 0 atom stereocenters. The minimum atomic E-state index is -1.08. The van der Waals surface area contributed by atoms with Crippen LogP contribution in [-0.4, -0.2) is 34.3 Å². The Bertz CT molecular complexity index is 1520. The maximum absolute atomic E-state index is 14.1. The van der Waals surface area contributed by atoms with E-state index < -0.39 is 35.2 Å². The van der Waals surface area contributed by atoms with Crippen LogP contribution >= 0.6 is 0 Å². The first-order chi connectivity index (χ1) is 19.2. The van der Waals surface area contributed by atoms with Crippen molar-refractivity contribution in [3.63, 3.8) is 0 Å². The lowest BCUT2D eigenvalue weighted by atomic mass is 9.94. The third kappa shape index (κ3) is 6.74. The molecule has 0 saturated carbocycles.